The normalized spacial score (nSPS) is 11.5. The molecule has 34 heavy (non-hydrogen) atoms. The highest BCUT2D eigenvalue weighted by atomic mass is 79.9. The lowest BCUT2D eigenvalue weighted by molar-refractivity contribution is 0.780. The third kappa shape index (κ3) is 4.19. The second-order valence-corrected chi connectivity index (χ2v) is 10.1. The molecular formula is C26H21BrN4O2S. The van der Waals surface area contributed by atoms with Gasteiger partial charge in [0.15, 0.2) is 5.16 Å². The Labute approximate surface area is 208 Å². The molecule has 0 fully saturated rings. The van der Waals surface area contributed by atoms with E-state index in [0.29, 0.717) is 33.2 Å². The van der Waals surface area contributed by atoms with Crippen LogP contribution in [0.4, 0.5) is 0 Å². The molecule has 3 aromatic heterocycles. The van der Waals surface area contributed by atoms with Crippen molar-refractivity contribution < 1.29 is 0 Å². The van der Waals surface area contributed by atoms with E-state index in [2.05, 4.69) is 34.8 Å². The van der Waals surface area contributed by atoms with E-state index in [1.165, 1.54) is 22.2 Å². The second kappa shape index (κ2) is 9.19. The fraction of sp³-hybridized carbons (Fsp3) is 0.154. The highest BCUT2D eigenvalue weighted by Gasteiger charge is 2.17. The van der Waals surface area contributed by atoms with E-state index in [0.717, 1.165) is 15.7 Å². The molecule has 0 bridgehead atoms. The van der Waals surface area contributed by atoms with Crippen molar-refractivity contribution in [3.63, 3.8) is 0 Å². The fourth-order valence-electron chi connectivity index (χ4n) is 3.94. The zero-order valence-electron chi connectivity index (χ0n) is 18.6. The molecule has 0 saturated carbocycles. The number of hydrogen-bond acceptors (Lipinski definition) is 5. The Bertz CT molecular complexity index is 1660. The predicted molar refractivity (Wildman–Crippen MR) is 140 cm³/mol. The summed E-state index contributed by atoms with van der Waals surface area (Å²) in [5.41, 5.74) is 3.46. The molecule has 6 nitrogen and oxygen atoms in total. The highest BCUT2D eigenvalue weighted by Crippen LogP contribution is 2.28. The van der Waals surface area contributed by atoms with Crippen molar-refractivity contribution in [1.82, 2.24) is 18.9 Å². The van der Waals surface area contributed by atoms with E-state index in [9.17, 15) is 9.59 Å². The van der Waals surface area contributed by atoms with Crippen LogP contribution in [0.1, 0.15) is 31.0 Å². The van der Waals surface area contributed by atoms with E-state index >= 15 is 0 Å². The maximum atomic E-state index is 13.6. The zero-order chi connectivity index (χ0) is 23.8. The lowest BCUT2D eigenvalue weighted by Gasteiger charge is -2.18. The first-order valence-electron chi connectivity index (χ1n) is 10.8. The van der Waals surface area contributed by atoms with Crippen molar-refractivity contribution in [3.05, 3.63) is 109 Å². The number of nitrogens with zero attached hydrogens (tertiary/aromatic N) is 4. The molecule has 0 saturated heterocycles. The molecule has 0 unspecified atom stereocenters. The van der Waals surface area contributed by atoms with Crippen LogP contribution in [0.5, 0.6) is 0 Å². The highest BCUT2D eigenvalue weighted by molar-refractivity contribution is 9.10. The largest absolute Gasteiger partial charge is 0.269 e. The SMILES string of the molecule is CC(C)c1ccccc1-n1c(SCc2cc(=O)n3cc(Br)ccc3n2)nc2ccccc2c1=O. The topological polar surface area (TPSA) is 69.3 Å². The summed E-state index contributed by atoms with van der Waals surface area (Å²) in [7, 11) is 0. The molecule has 0 radical (unpaired) electrons. The Morgan fingerprint density at radius 1 is 0.971 bits per heavy atom. The summed E-state index contributed by atoms with van der Waals surface area (Å²) in [6, 6.07) is 20.5. The number of aromatic nitrogens is 4. The Morgan fingerprint density at radius 2 is 1.74 bits per heavy atom. The van der Waals surface area contributed by atoms with Gasteiger partial charge in [-0.25, -0.2) is 9.97 Å². The smallest absolute Gasteiger partial charge is 0.266 e. The van der Waals surface area contributed by atoms with Crippen LogP contribution in [0, 0.1) is 0 Å². The number of halogens is 1. The monoisotopic (exact) mass is 532 g/mol. The van der Waals surface area contributed by atoms with E-state index in [1.807, 2.05) is 48.5 Å². The average molecular weight is 533 g/mol. The molecule has 0 spiro atoms. The van der Waals surface area contributed by atoms with Gasteiger partial charge in [-0.3, -0.25) is 18.6 Å². The number of rotatable bonds is 5. The first-order chi connectivity index (χ1) is 16.4. The molecule has 0 amide bonds. The van der Waals surface area contributed by atoms with E-state index < -0.39 is 0 Å². The minimum absolute atomic E-state index is 0.113. The Hall–Kier alpha value is -3.23. The van der Waals surface area contributed by atoms with Gasteiger partial charge >= 0.3 is 0 Å². The minimum Gasteiger partial charge on any atom is -0.269 e. The third-order valence-electron chi connectivity index (χ3n) is 5.57. The molecule has 0 N–H and O–H groups in total. The van der Waals surface area contributed by atoms with Crippen LogP contribution in [0.2, 0.25) is 0 Å². The molecule has 5 rings (SSSR count). The van der Waals surface area contributed by atoms with E-state index in [1.54, 1.807) is 22.9 Å². The Morgan fingerprint density at radius 3 is 2.56 bits per heavy atom. The summed E-state index contributed by atoms with van der Waals surface area (Å²) in [5.74, 6) is 0.630. The minimum atomic E-state index is -0.157. The first-order valence-corrected chi connectivity index (χ1v) is 12.6. The van der Waals surface area contributed by atoms with Crippen LogP contribution in [0.15, 0.2) is 92.1 Å². The predicted octanol–water partition coefficient (Wildman–Crippen LogP) is 5.57. The number of para-hydroxylation sites is 2. The van der Waals surface area contributed by atoms with Crippen molar-refractivity contribution in [1.29, 1.82) is 0 Å². The molecule has 8 heteroatoms. The fourth-order valence-corrected chi connectivity index (χ4v) is 5.17. The van der Waals surface area contributed by atoms with Gasteiger partial charge in [0.2, 0.25) is 0 Å². The van der Waals surface area contributed by atoms with Gasteiger partial charge in [0, 0.05) is 22.5 Å². The Balaban J connectivity index is 1.63. The van der Waals surface area contributed by atoms with Crippen LogP contribution in [0.25, 0.3) is 22.2 Å². The molecule has 0 aliphatic rings. The van der Waals surface area contributed by atoms with Crippen molar-refractivity contribution in [2.24, 2.45) is 0 Å². The second-order valence-electron chi connectivity index (χ2n) is 8.22. The first kappa shape index (κ1) is 22.6. The molecular weight excluding hydrogens is 512 g/mol. The van der Waals surface area contributed by atoms with E-state index in [-0.39, 0.29) is 17.0 Å². The van der Waals surface area contributed by atoms with Gasteiger partial charge in [-0.15, -0.1) is 0 Å². The molecule has 170 valence electrons. The summed E-state index contributed by atoms with van der Waals surface area (Å²) in [4.78, 5) is 35.7. The summed E-state index contributed by atoms with van der Waals surface area (Å²) in [6.07, 6.45) is 1.70. The van der Waals surface area contributed by atoms with Crippen LogP contribution >= 0.6 is 27.7 Å². The molecule has 3 heterocycles. The van der Waals surface area contributed by atoms with Crippen LogP contribution in [-0.4, -0.2) is 18.9 Å². The van der Waals surface area contributed by atoms with Gasteiger partial charge in [-0.1, -0.05) is 55.9 Å². The molecule has 0 aliphatic heterocycles. The van der Waals surface area contributed by atoms with Gasteiger partial charge in [-0.2, -0.15) is 0 Å². The third-order valence-corrected chi connectivity index (χ3v) is 7.01. The summed E-state index contributed by atoms with van der Waals surface area (Å²) < 4.78 is 3.99. The molecule has 0 aliphatic carbocycles. The standard InChI is InChI=1S/C26H21BrN4O2S/c1-16(2)19-7-4-6-10-22(19)31-25(33)20-8-3-5-9-21(20)29-26(31)34-15-18-13-24(32)30-14-17(27)11-12-23(30)28-18/h3-14,16H,15H2,1-2H3. The van der Waals surface area contributed by atoms with Crippen molar-refractivity contribution in [2.45, 2.75) is 30.7 Å². The van der Waals surface area contributed by atoms with Crippen molar-refractivity contribution in [3.8, 4) is 5.69 Å². The average Bonchev–Trinajstić information content (AvgIpc) is 2.83. The van der Waals surface area contributed by atoms with E-state index in [4.69, 9.17) is 4.98 Å². The number of hydrogen-bond donors (Lipinski definition) is 0. The summed E-state index contributed by atoms with van der Waals surface area (Å²) >= 11 is 4.78. The summed E-state index contributed by atoms with van der Waals surface area (Å²) in [5, 5.41) is 1.13. The number of pyridine rings is 1. The number of benzene rings is 2. The van der Waals surface area contributed by atoms with Gasteiger partial charge in [0.25, 0.3) is 11.1 Å². The maximum Gasteiger partial charge on any atom is 0.266 e. The molecule has 5 aromatic rings. The number of thioether (sulfide) groups is 1. The van der Waals surface area contributed by atoms with Gasteiger partial charge < -0.3 is 0 Å². The van der Waals surface area contributed by atoms with Crippen LogP contribution in [0.3, 0.4) is 0 Å². The quantitative estimate of drug-likeness (QED) is 0.218. The molecule has 0 atom stereocenters. The lowest BCUT2D eigenvalue weighted by Crippen LogP contribution is -2.23. The van der Waals surface area contributed by atoms with Gasteiger partial charge in [0.05, 0.1) is 22.3 Å². The van der Waals surface area contributed by atoms with Crippen molar-refractivity contribution >= 4 is 44.2 Å². The number of fused-ring (bicyclic) bond motifs is 2. The van der Waals surface area contributed by atoms with Crippen LogP contribution in [-0.2, 0) is 5.75 Å². The summed E-state index contributed by atoms with van der Waals surface area (Å²) in [6.45, 7) is 4.21. The maximum absolute atomic E-state index is 13.6. The Kier molecular flexibility index (Phi) is 6.10. The zero-order valence-corrected chi connectivity index (χ0v) is 21.0. The van der Waals surface area contributed by atoms with Crippen LogP contribution < -0.4 is 11.1 Å². The van der Waals surface area contributed by atoms with Gasteiger partial charge in [0.1, 0.15) is 5.65 Å². The van der Waals surface area contributed by atoms with Crippen molar-refractivity contribution in [2.75, 3.05) is 0 Å². The molecule has 2 aromatic carbocycles. The lowest BCUT2D eigenvalue weighted by atomic mass is 10.0. The van der Waals surface area contributed by atoms with Gasteiger partial charge in [-0.05, 0) is 57.7 Å².